The minimum Gasteiger partial charge on any atom is -0.368 e. The summed E-state index contributed by atoms with van der Waals surface area (Å²) in [4.78, 5) is 0.397. The largest absolute Gasteiger partial charge is 0.368 e. The molecule has 2 heterocycles. The lowest BCUT2D eigenvalue weighted by Crippen LogP contribution is -2.36. The molecule has 1 aliphatic heterocycles. The summed E-state index contributed by atoms with van der Waals surface area (Å²) < 4.78 is 62.3. The molecule has 2 aromatic rings. The molecular formula is C19H23F3N4O2S. The quantitative estimate of drug-likeness (QED) is 0.515. The van der Waals surface area contributed by atoms with E-state index in [4.69, 9.17) is 0 Å². The smallest absolute Gasteiger partial charge is 0.194 e. The van der Waals surface area contributed by atoms with Gasteiger partial charge >= 0.3 is 0 Å². The Labute approximate surface area is 167 Å². The molecule has 0 bridgehead atoms. The van der Waals surface area contributed by atoms with Crippen molar-refractivity contribution in [1.29, 1.82) is 0 Å². The van der Waals surface area contributed by atoms with Gasteiger partial charge in [-0.25, -0.2) is 26.5 Å². The van der Waals surface area contributed by atoms with Gasteiger partial charge in [0.25, 0.3) is 0 Å². The average molecular weight is 428 g/mol. The fourth-order valence-electron chi connectivity index (χ4n) is 3.22. The number of rotatable bonds is 4. The molecule has 1 aromatic heterocycles. The van der Waals surface area contributed by atoms with E-state index in [-0.39, 0.29) is 17.6 Å². The van der Waals surface area contributed by atoms with Crippen molar-refractivity contribution < 1.29 is 22.5 Å². The average Bonchev–Trinajstić information content (AvgIpc) is 2.92. The Bertz CT molecular complexity index is 1060. The van der Waals surface area contributed by atoms with E-state index in [2.05, 4.69) is 14.4 Å². The van der Waals surface area contributed by atoms with Crippen LogP contribution in [0.1, 0.15) is 31.3 Å². The van der Waals surface area contributed by atoms with Crippen LogP contribution in [-0.4, -0.2) is 27.0 Å². The maximum Gasteiger partial charge on any atom is 0.194 e. The summed E-state index contributed by atoms with van der Waals surface area (Å²) in [6.07, 6.45) is 3.77. The van der Waals surface area contributed by atoms with Crippen LogP contribution in [0.25, 0.3) is 6.08 Å². The number of benzene rings is 1. The molecule has 0 radical (unpaired) electrons. The molecule has 3 rings (SSSR count). The molecule has 0 aliphatic carbocycles. The van der Waals surface area contributed by atoms with Crippen LogP contribution in [0, 0.1) is 23.4 Å². The molecular weight excluding hydrogens is 405 g/mol. The molecule has 1 aliphatic rings. The second kappa shape index (κ2) is 7.85. The van der Waals surface area contributed by atoms with Crippen LogP contribution in [0.2, 0.25) is 0 Å². The van der Waals surface area contributed by atoms with Gasteiger partial charge in [-0.05, 0) is 5.92 Å². The standard InChI is InChI=1S/C19H23F3N4O2S/c1-10(2)15-6-5-12-16(29(28,23-3)25-15)9-26(4)18(12)19(27)24-11-7-13(20)17(22)14(21)8-11/h5-10,15,19,24,27H,1-4H3,(H,23,25,28)/t15-,19?,29?/m1/s1. The van der Waals surface area contributed by atoms with Crippen molar-refractivity contribution in [3.8, 4) is 0 Å². The molecule has 3 atom stereocenters. The molecule has 0 amide bonds. The lowest BCUT2D eigenvalue weighted by atomic mass is 10.0. The normalized spacial score (nSPS) is 22.3. The predicted molar refractivity (Wildman–Crippen MR) is 106 cm³/mol. The van der Waals surface area contributed by atoms with Crippen molar-refractivity contribution in [1.82, 2.24) is 9.29 Å². The maximum atomic E-state index is 13.5. The van der Waals surface area contributed by atoms with E-state index in [9.17, 15) is 22.5 Å². The van der Waals surface area contributed by atoms with Gasteiger partial charge in [0.05, 0.1) is 10.6 Å². The zero-order valence-electron chi connectivity index (χ0n) is 16.4. The van der Waals surface area contributed by atoms with E-state index in [1.165, 1.54) is 7.05 Å². The highest BCUT2D eigenvalue weighted by atomic mass is 32.2. The summed E-state index contributed by atoms with van der Waals surface area (Å²) in [5, 5.41) is 13.3. The molecule has 2 unspecified atom stereocenters. The number of hydrogen-bond acceptors (Lipinski definition) is 4. The van der Waals surface area contributed by atoms with E-state index in [1.54, 1.807) is 23.9 Å². The monoisotopic (exact) mass is 428 g/mol. The highest BCUT2D eigenvalue weighted by Gasteiger charge is 2.30. The van der Waals surface area contributed by atoms with Gasteiger partial charge in [0.15, 0.2) is 23.7 Å². The molecule has 0 spiro atoms. The number of anilines is 1. The number of aliphatic hydroxyl groups excluding tert-OH is 1. The number of hydrogen-bond donors (Lipinski definition) is 3. The Balaban J connectivity index is 2.06. The van der Waals surface area contributed by atoms with Gasteiger partial charge in [-0.2, -0.15) is 0 Å². The third-order valence-electron chi connectivity index (χ3n) is 4.82. The van der Waals surface area contributed by atoms with Gasteiger partial charge in [0, 0.05) is 49.7 Å². The summed E-state index contributed by atoms with van der Waals surface area (Å²) in [7, 11) is 0.132. The van der Waals surface area contributed by atoms with E-state index < -0.39 is 33.6 Å². The number of aliphatic hydroxyl groups is 1. The van der Waals surface area contributed by atoms with Crippen molar-refractivity contribution in [2.45, 2.75) is 31.0 Å². The van der Waals surface area contributed by atoms with Crippen molar-refractivity contribution in [3.63, 3.8) is 0 Å². The van der Waals surface area contributed by atoms with Crippen molar-refractivity contribution in [2.24, 2.45) is 17.3 Å². The van der Waals surface area contributed by atoms with Crippen molar-refractivity contribution >= 4 is 21.7 Å². The zero-order valence-corrected chi connectivity index (χ0v) is 17.2. The fourth-order valence-corrected chi connectivity index (χ4v) is 5.14. The Kier molecular flexibility index (Phi) is 5.79. The third kappa shape index (κ3) is 3.92. The van der Waals surface area contributed by atoms with Gasteiger partial charge in [-0.3, -0.25) is 0 Å². The molecule has 6 nitrogen and oxygen atoms in total. The van der Waals surface area contributed by atoms with Gasteiger partial charge in [0.2, 0.25) is 0 Å². The molecule has 1 aromatic carbocycles. The van der Waals surface area contributed by atoms with Crippen molar-refractivity contribution in [3.05, 3.63) is 53.1 Å². The minimum atomic E-state index is -2.96. The minimum absolute atomic E-state index is 0.138. The van der Waals surface area contributed by atoms with Gasteiger partial charge in [-0.15, -0.1) is 0 Å². The van der Waals surface area contributed by atoms with E-state index in [1.807, 2.05) is 19.9 Å². The second-order valence-corrected chi connectivity index (χ2v) is 9.25. The number of halogens is 3. The first-order chi connectivity index (χ1) is 13.6. The Morgan fingerprint density at radius 1 is 1.28 bits per heavy atom. The van der Waals surface area contributed by atoms with E-state index in [0.29, 0.717) is 16.2 Å². The van der Waals surface area contributed by atoms with Crippen LogP contribution < -0.4 is 10.0 Å². The summed E-state index contributed by atoms with van der Waals surface area (Å²) in [5.74, 6) is -4.19. The number of fused-ring (bicyclic) bond motifs is 1. The van der Waals surface area contributed by atoms with Crippen LogP contribution in [0.15, 0.2) is 33.7 Å². The highest BCUT2D eigenvalue weighted by molar-refractivity contribution is 7.91. The highest BCUT2D eigenvalue weighted by Crippen LogP contribution is 2.32. The molecule has 29 heavy (non-hydrogen) atoms. The summed E-state index contributed by atoms with van der Waals surface area (Å²) in [5.41, 5.74) is 0.673. The number of nitrogens with zero attached hydrogens (tertiary/aromatic N) is 2. The number of aromatic nitrogens is 1. The summed E-state index contributed by atoms with van der Waals surface area (Å²) >= 11 is 0. The number of nitrogens with one attached hydrogen (secondary N) is 2. The first-order valence-corrected chi connectivity index (χ1v) is 10.5. The lowest BCUT2D eigenvalue weighted by molar-refractivity contribution is 0.199. The van der Waals surface area contributed by atoms with Crippen LogP contribution in [0.5, 0.6) is 0 Å². The maximum absolute atomic E-state index is 13.5. The van der Waals surface area contributed by atoms with Gasteiger partial charge in [-0.1, -0.05) is 26.0 Å². The van der Waals surface area contributed by atoms with Crippen LogP contribution >= 0.6 is 0 Å². The molecule has 0 saturated carbocycles. The van der Waals surface area contributed by atoms with Crippen molar-refractivity contribution in [2.75, 3.05) is 12.4 Å². The molecule has 10 heteroatoms. The second-order valence-electron chi connectivity index (χ2n) is 7.16. The predicted octanol–water partition coefficient (Wildman–Crippen LogP) is 3.56. The number of aryl methyl sites for hydroxylation is 1. The first kappa shape index (κ1) is 21.4. The Morgan fingerprint density at radius 3 is 2.45 bits per heavy atom. The van der Waals surface area contributed by atoms with Crippen LogP contribution in [0.4, 0.5) is 18.9 Å². The molecule has 0 fully saturated rings. The lowest BCUT2D eigenvalue weighted by Gasteiger charge is -2.19. The van der Waals surface area contributed by atoms with Gasteiger partial charge in [0.1, 0.15) is 9.92 Å². The summed E-state index contributed by atoms with van der Waals surface area (Å²) in [6, 6.07) is 1.29. The molecule has 0 saturated heterocycles. The molecule has 158 valence electrons. The SMILES string of the molecule is CN=S1(=O)N[C@@H](C(C)C)C=Cc2c1cn(C)c2C(O)Nc1cc(F)c(F)c(F)c1. The van der Waals surface area contributed by atoms with E-state index in [0.717, 1.165) is 12.1 Å². The first-order valence-electron chi connectivity index (χ1n) is 8.96. The summed E-state index contributed by atoms with van der Waals surface area (Å²) in [6.45, 7) is 3.95. The van der Waals surface area contributed by atoms with Crippen LogP contribution in [-0.2, 0) is 17.0 Å². The van der Waals surface area contributed by atoms with Crippen LogP contribution in [0.3, 0.4) is 0 Å². The molecule has 3 N–H and O–H groups in total. The zero-order chi connectivity index (χ0) is 21.5. The van der Waals surface area contributed by atoms with E-state index >= 15 is 0 Å². The topological polar surface area (TPSA) is 78.7 Å². The third-order valence-corrected chi connectivity index (χ3v) is 6.85. The Morgan fingerprint density at radius 2 is 1.90 bits per heavy atom. The van der Waals surface area contributed by atoms with Gasteiger partial charge < -0.3 is 15.0 Å². The fraction of sp³-hybridized carbons (Fsp3) is 0.368. The Hall–Kier alpha value is -2.30.